The van der Waals surface area contributed by atoms with Gasteiger partial charge in [-0.25, -0.2) is 9.78 Å². The minimum atomic E-state index is -0.249. The molecule has 6 heteroatoms. The highest BCUT2D eigenvalue weighted by atomic mass is 32.2. The second kappa shape index (κ2) is 10.2. The highest BCUT2D eigenvalue weighted by Gasteiger charge is 2.03. The predicted octanol–water partition coefficient (Wildman–Crippen LogP) is 4.57. The van der Waals surface area contributed by atoms with Crippen LogP contribution in [0.4, 0.5) is 10.5 Å². The summed E-state index contributed by atoms with van der Waals surface area (Å²) in [6, 6.07) is 22.9. The number of nitrogens with one attached hydrogen (secondary N) is 2. The fourth-order valence-corrected chi connectivity index (χ4v) is 3.16. The van der Waals surface area contributed by atoms with Crippen molar-refractivity contribution in [3.05, 3.63) is 84.6 Å². The average Bonchev–Trinajstić information content (AvgIpc) is 2.72. The monoisotopic (exact) mass is 379 g/mol. The van der Waals surface area contributed by atoms with Crippen molar-refractivity contribution in [2.75, 3.05) is 18.5 Å². The van der Waals surface area contributed by atoms with Crippen molar-refractivity contribution in [2.24, 2.45) is 0 Å². The molecule has 0 aliphatic rings. The lowest BCUT2D eigenvalue weighted by Crippen LogP contribution is -2.32. The van der Waals surface area contributed by atoms with E-state index in [1.54, 1.807) is 18.0 Å². The van der Waals surface area contributed by atoms with Crippen LogP contribution in [0.25, 0.3) is 0 Å². The van der Waals surface area contributed by atoms with Crippen molar-refractivity contribution < 1.29 is 9.53 Å². The third-order valence-electron chi connectivity index (χ3n) is 3.61. The number of amides is 2. The first-order chi connectivity index (χ1) is 13.3. The molecule has 2 amide bonds. The zero-order valence-corrected chi connectivity index (χ0v) is 15.6. The zero-order valence-electron chi connectivity index (χ0n) is 14.8. The van der Waals surface area contributed by atoms with Crippen molar-refractivity contribution >= 4 is 23.5 Å². The zero-order chi connectivity index (χ0) is 18.7. The highest BCUT2D eigenvalue weighted by Crippen LogP contribution is 2.22. The number of nitrogens with zero attached hydrogens (tertiary/aromatic N) is 1. The summed E-state index contributed by atoms with van der Waals surface area (Å²) < 4.78 is 5.55. The van der Waals surface area contributed by atoms with Crippen LogP contribution in [0.15, 0.2) is 84.0 Å². The number of para-hydroxylation sites is 1. The fraction of sp³-hybridized carbons (Fsp3) is 0.143. The van der Waals surface area contributed by atoms with E-state index < -0.39 is 0 Å². The number of anilines is 1. The van der Waals surface area contributed by atoms with Crippen molar-refractivity contribution in [1.82, 2.24) is 10.3 Å². The highest BCUT2D eigenvalue weighted by molar-refractivity contribution is 7.98. The number of urea groups is 1. The summed E-state index contributed by atoms with van der Waals surface area (Å²) in [5.41, 5.74) is 1.88. The molecule has 27 heavy (non-hydrogen) atoms. The van der Waals surface area contributed by atoms with Crippen LogP contribution >= 0.6 is 11.8 Å². The summed E-state index contributed by atoms with van der Waals surface area (Å²) >= 11 is 1.66. The van der Waals surface area contributed by atoms with Gasteiger partial charge < -0.3 is 15.4 Å². The summed E-state index contributed by atoms with van der Waals surface area (Å²) in [5.74, 6) is 1.58. The number of carbonyl (C=O) groups excluding carboxylic acids is 1. The Labute approximate surface area is 163 Å². The lowest BCUT2D eigenvalue weighted by atomic mass is 10.2. The fourth-order valence-electron chi connectivity index (χ4n) is 2.35. The standard InChI is InChI=1S/C21H21N3O2S/c25-21(23-13-14-26-19-9-2-1-3-10-19)24-18-8-6-7-17(15-18)16-27-20-11-4-5-12-22-20/h1-12,15H,13-14,16H2,(H2,23,24,25). The van der Waals surface area contributed by atoms with Crippen LogP contribution in [0.5, 0.6) is 5.75 Å². The third kappa shape index (κ3) is 6.67. The number of hydrogen-bond donors (Lipinski definition) is 2. The van der Waals surface area contributed by atoms with Gasteiger partial charge in [-0.05, 0) is 42.0 Å². The topological polar surface area (TPSA) is 63.2 Å². The van der Waals surface area contributed by atoms with Gasteiger partial charge in [-0.2, -0.15) is 0 Å². The van der Waals surface area contributed by atoms with E-state index >= 15 is 0 Å². The van der Waals surface area contributed by atoms with Crippen LogP contribution in [-0.4, -0.2) is 24.2 Å². The number of carbonyl (C=O) groups is 1. The van der Waals surface area contributed by atoms with Gasteiger partial charge in [0.25, 0.3) is 0 Å². The van der Waals surface area contributed by atoms with Crippen LogP contribution < -0.4 is 15.4 Å². The van der Waals surface area contributed by atoms with E-state index in [1.165, 1.54) is 0 Å². The molecule has 0 bridgehead atoms. The van der Waals surface area contributed by atoms with Gasteiger partial charge in [0.05, 0.1) is 11.6 Å². The maximum absolute atomic E-state index is 12.0. The average molecular weight is 379 g/mol. The molecule has 0 aliphatic heterocycles. The number of benzene rings is 2. The van der Waals surface area contributed by atoms with E-state index in [1.807, 2.05) is 72.8 Å². The number of aromatic nitrogens is 1. The Kier molecular flexibility index (Phi) is 7.12. The summed E-state index contributed by atoms with van der Waals surface area (Å²) in [5, 5.41) is 6.62. The molecule has 0 atom stereocenters. The van der Waals surface area contributed by atoms with Gasteiger partial charge in [-0.1, -0.05) is 36.4 Å². The maximum atomic E-state index is 12.0. The van der Waals surface area contributed by atoms with E-state index in [2.05, 4.69) is 15.6 Å². The van der Waals surface area contributed by atoms with Gasteiger partial charge in [0.2, 0.25) is 0 Å². The van der Waals surface area contributed by atoms with E-state index in [9.17, 15) is 4.79 Å². The minimum absolute atomic E-state index is 0.249. The predicted molar refractivity (Wildman–Crippen MR) is 109 cm³/mol. The Balaban J connectivity index is 1.41. The van der Waals surface area contributed by atoms with Crippen molar-refractivity contribution in [3.8, 4) is 5.75 Å². The smallest absolute Gasteiger partial charge is 0.319 e. The van der Waals surface area contributed by atoms with Crippen molar-refractivity contribution in [2.45, 2.75) is 10.8 Å². The van der Waals surface area contributed by atoms with Gasteiger partial charge >= 0.3 is 6.03 Å². The molecule has 2 N–H and O–H groups in total. The molecule has 3 rings (SSSR count). The quantitative estimate of drug-likeness (QED) is 0.444. The first-order valence-corrected chi connectivity index (χ1v) is 9.63. The van der Waals surface area contributed by atoms with Gasteiger partial charge in [0.1, 0.15) is 12.4 Å². The molecule has 5 nitrogen and oxygen atoms in total. The Morgan fingerprint density at radius 2 is 1.85 bits per heavy atom. The van der Waals surface area contributed by atoms with Gasteiger partial charge in [0.15, 0.2) is 0 Å². The van der Waals surface area contributed by atoms with E-state index in [-0.39, 0.29) is 6.03 Å². The van der Waals surface area contributed by atoms with E-state index in [4.69, 9.17) is 4.74 Å². The third-order valence-corrected chi connectivity index (χ3v) is 4.62. The minimum Gasteiger partial charge on any atom is -0.492 e. The molecule has 3 aromatic rings. The van der Waals surface area contributed by atoms with E-state index in [0.29, 0.717) is 13.2 Å². The summed E-state index contributed by atoms with van der Waals surface area (Å²) in [6.45, 7) is 0.841. The number of hydrogen-bond acceptors (Lipinski definition) is 4. The van der Waals surface area contributed by atoms with Crippen LogP contribution in [0.1, 0.15) is 5.56 Å². The largest absolute Gasteiger partial charge is 0.492 e. The number of pyridine rings is 1. The summed E-state index contributed by atoms with van der Waals surface area (Å²) in [7, 11) is 0. The first kappa shape index (κ1) is 18.8. The molecule has 2 aromatic carbocycles. The first-order valence-electron chi connectivity index (χ1n) is 8.65. The molecule has 0 unspecified atom stereocenters. The molecule has 0 aliphatic carbocycles. The lowest BCUT2D eigenvalue weighted by Gasteiger charge is -2.10. The van der Waals surface area contributed by atoms with Gasteiger partial charge in [-0.3, -0.25) is 0 Å². The molecule has 1 heterocycles. The molecular formula is C21H21N3O2S. The van der Waals surface area contributed by atoms with Crippen LogP contribution in [-0.2, 0) is 5.75 Å². The number of rotatable bonds is 8. The van der Waals surface area contributed by atoms with E-state index in [0.717, 1.165) is 27.8 Å². The SMILES string of the molecule is O=C(NCCOc1ccccc1)Nc1cccc(CSc2ccccn2)c1. The van der Waals surface area contributed by atoms with Crippen molar-refractivity contribution in [3.63, 3.8) is 0 Å². The Morgan fingerprint density at radius 3 is 2.67 bits per heavy atom. The molecule has 1 aromatic heterocycles. The molecule has 0 saturated carbocycles. The van der Waals surface area contributed by atoms with Crippen LogP contribution in [0, 0.1) is 0 Å². The Morgan fingerprint density at radius 1 is 1.00 bits per heavy atom. The van der Waals surface area contributed by atoms with Gasteiger partial charge in [-0.15, -0.1) is 11.8 Å². The summed E-state index contributed by atoms with van der Waals surface area (Å²) in [4.78, 5) is 16.3. The van der Waals surface area contributed by atoms with Crippen LogP contribution in [0.2, 0.25) is 0 Å². The molecular weight excluding hydrogens is 358 g/mol. The maximum Gasteiger partial charge on any atom is 0.319 e. The second-order valence-corrected chi connectivity index (χ2v) is 6.70. The number of thioether (sulfide) groups is 1. The molecule has 138 valence electrons. The second-order valence-electron chi connectivity index (χ2n) is 5.70. The molecule has 0 saturated heterocycles. The lowest BCUT2D eigenvalue weighted by molar-refractivity contribution is 0.247. The Hall–Kier alpha value is -2.99. The Bertz CT molecular complexity index is 844. The van der Waals surface area contributed by atoms with Crippen molar-refractivity contribution in [1.29, 1.82) is 0 Å². The summed E-state index contributed by atoms with van der Waals surface area (Å²) in [6.07, 6.45) is 1.78. The number of ether oxygens (including phenoxy) is 1. The normalized spacial score (nSPS) is 10.2. The molecule has 0 spiro atoms. The van der Waals surface area contributed by atoms with Crippen LogP contribution in [0.3, 0.4) is 0 Å². The molecule has 0 radical (unpaired) electrons. The van der Waals surface area contributed by atoms with Gasteiger partial charge in [0, 0.05) is 17.6 Å². The molecule has 0 fully saturated rings.